The topological polar surface area (TPSA) is 42.0 Å². The van der Waals surface area contributed by atoms with Crippen LogP contribution in [0.5, 0.6) is 0 Å². The van der Waals surface area contributed by atoms with Crippen molar-refractivity contribution < 1.29 is 4.79 Å². The monoisotopic (exact) mass is 318 g/mol. The molecule has 0 radical (unpaired) electrons. The molecule has 3 nitrogen and oxygen atoms in total. The van der Waals surface area contributed by atoms with Gasteiger partial charge in [-0.1, -0.05) is 42.8 Å². The normalized spacial score (nSPS) is 10.8. The lowest BCUT2D eigenvalue weighted by atomic mass is 9.99. The predicted octanol–water partition coefficient (Wildman–Crippen LogP) is 4.97. The zero-order chi connectivity index (χ0) is 17.3. The zero-order valence-corrected chi connectivity index (χ0v) is 14.6. The van der Waals surface area contributed by atoms with Crippen molar-refractivity contribution in [3.05, 3.63) is 70.4 Å². The van der Waals surface area contributed by atoms with Crippen LogP contribution in [-0.2, 0) is 6.42 Å². The molecule has 0 spiro atoms. The smallest absolute Gasteiger partial charge is 0.256 e. The van der Waals surface area contributed by atoms with Crippen molar-refractivity contribution in [1.29, 1.82) is 0 Å². The minimum absolute atomic E-state index is 0.0762. The molecular formula is C21H22N2O. The van der Waals surface area contributed by atoms with Gasteiger partial charge in [-0.3, -0.25) is 9.78 Å². The van der Waals surface area contributed by atoms with Gasteiger partial charge in [-0.05, 0) is 50.5 Å². The van der Waals surface area contributed by atoms with Crippen molar-refractivity contribution in [3.63, 3.8) is 0 Å². The Morgan fingerprint density at radius 3 is 2.54 bits per heavy atom. The van der Waals surface area contributed by atoms with Crippen molar-refractivity contribution in [2.24, 2.45) is 0 Å². The predicted molar refractivity (Wildman–Crippen MR) is 99.7 cm³/mol. The third-order valence-corrected chi connectivity index (χ3v) is 4.43. The van der Waals surface area contributed by atoms with E-state index in [1.54, 1.807) is 0 Å². The molecule has 122 valence electrons. The summed E-state index contributed by atoms with van der Waals surface area (Å²) >= 11 is 0. The molecule has 24 heavy (non-hydrogen) atoms. The number of anilines is 1. The number of benzene rings is 2. The second-order valence-corrected chi connectivity index (χ2v) is 6.20. The molecule has 1 aromatic heterocycles. The van der Waals surface area contributed by atoms with Gasteiger partial charge in [0.2, 0.25) is 0 Å². The molecule has 0 fully saturated rings. The average molecular weight is 318 g/mol. The van der Waals surface area contributed by atoms with Crippen LogP contribution in [0.3, 0.4) is 0 Å². The first-order valence-electron chi connectivity index (χ1n) is 8.28. The van der Waals surface area contributed by atoms with Gasteiger partial charge in [-0.15, -0.1) is 0 Å². The molecule has 1 amide bonds. The van der Waals surface area contributed by atoms with E-state index in [-0.39, 0.29) is 5.91 Å². The number of rotatable bonds is 3. The fourth-order valence-electron chi connectivity index (χ4n) is 3.13. The average Bonchev–Trinajstić information content (AvgIpc) is 2.56. The molecule has 3 heteroatoms. The number of fused-ring (bicyclic) bond motifs is 1. The summed E-state index contributed by atoms with van der Waals surface area (Å²) in [5.74, 6) is -0.0762. The molecule has 0 unspecified atom stereocenters. The Morgan fingerprint density at radius 2 is 1.83 bits per heavy atom. The van der Waals surface area contributed by atoms with E-state index in [0.717, 1.165) is 45.4 Å². The Morgan fingerprint density at radius 1 is 1.08 bits per heavy atom. The van der Waals surface area contributed by atoms with Crippen LogP contribution in [0.1, 0.15) is 39.7 Å². The number of pyridine rings is 1. The number of nitrogens with one attached hydrogen (secondary N) is 1. The van der Waals surface area contributed by atoms with Gasteiger partial charge in [-0.25, -0.2) is 0 Å². The van der Waals surface area contributed by atoms with Crippen molar-refractivity contribution in [1.82, 2.24) is 4.98 Å². The lowest BCUT2D eigenvalue weighted by molar-refractivity contribution is 0.102. The Hall–Kier alpha value is -2.68. The van der Waals surface area contributed by atoms with Gasteiger partial charge < -0.3 is 5.32 Å². The maximum Gasteiger partial charge on any atom is 0.256 e. The van der Waals surface area contributed by atoms with Crippen LogP contribution < -0.4 is 5.32 Å². The van der Waals surface area contributed by atoms with Gasteiger partial charge in [0.25, 0.3) is 5.91 Å². The Bertz CT molecular complexity index is 929. The molecule has 3 aromatic rings. The number of carbonyl (C=O) groups excluding carboxylic acids is 1. The molecule has 1 N–H and O–H groups in total. The summed E-state index contributed by atoms with van der Waals surface area (Å²) in [6.45, 7) is 8.11. The highest BCUT2D eigenvalue weighted by Gasteiger charge is 2.17. The number of aromatic nitrogens is 1. The zero-order valence-electron chi connectivity index (χ0n) is 14.6. The summed E-state index contributed by atoms with van der Waals surface area (Å²) < 4.78 is 0. The molecule has 1 heterocycles. The fraction of sp³-hybridized carbons (Fsp3) is 0.238. The number of hydrogen-bond donors (Lipinski definition) is 1. The molecule has 2 aromatic carbocycles. The maximum absolute atomic E-state index is 13.0. The van der Waals surface area contributed by atoms with Crippen LogP contribution in [0.25, 0.3) is 10.9 Å². The first-order valence-corrected chi connectivity index (χ1v) is 8.28. The highest BCUT2D eigenvalue weighted by atomic mass is 16.1. The summed E-state index contributed by atoms with van der Waals surface area (Å²) in [4.78, 5) is 17.7. The van der Waals surface area contributed by atoms with Crippen LogP contribution in [0.2, 0.25) is 0 Å². The largest absolute Gasteiger partial charge is 0.322 e. The summed E-state index contributed by atoms with van der Waals surface area (Å²) in [7, 11) is 0. The minimum Gasteiger partial charge on any atom is -0.322 e. The van der Waals surface area contributed by atoms with Crippen LogP contribution >= 0.6 is 0 Å². The molecule has 0 aliphatic carbocycles. The Balaban J connectivity index is 2.10. The van der Waals surface area contributed by atoms with Gasteiger partial charge in [0.15, 0.2) is 0 Å². The highest BCUT2D eigenvalue weighted by molar-refractivity contribution is 6.13. The number of nitrogens with zero attached hydrogens (tertiary/aromatic N) is 1. The molecule has 0 atom stereocenters. The SMILES string of the molecule is CCc1nc2ccccc2c(C(=O)Nc2ccc(C)cc2C)c1C. The lowest BCUT2D eigenvalue weighted by Crippen LogP contribution is -2.16. The summed E-state index contributed by atoms with van der Waals surface area (Å²) in [6, 6.07) is 13.9. The van der Waals surface area contributed by atoms with E-state index in [2.05, 4.69) is 18.3 Å². The van der Waals surface area contributed by atoms with Gasteiger partial charge in [0.1, 0.15) is 0 Å². The van der Waals surface area contributed by atoms with Crippen molar-refractivity contribution in [2.45, 2.75) is 34.1 Å². The second kappa shape index (κ2) is 6.44. The second-order valence-electron chi connectivity index (χ2n) is 6.20. The van der Waals surface area contributed by atoms with E-state index < -0.39 is 0 Å². The van der Waals surface area contributed by atoms with Crippen molar-refractivity contribution >= 4 is 22.5 Å². The van der Waals surface area contributed by atoms with E-state index in [1.165, 1.54) is 5.56 Å². The number of carbonyl (C=O) groups is 1. The van der Waals surface area contributed by atoms with Crippen LogP contribution in [0.15, 0.2) is 42.5 Å². The minimum atomic E-state index is -0.0762. The maximum atomic E-state index is 13.0. The number of amides is 1. The molecular weight excluding hydrogens is 296 g/mol. The summed E-state index contributed by atoms with van der Waals surface area (Å²) in [6.07, 6.45) is 0.806. The van der Waals surface area contributed by atoms with E-state index >= 15 is 0 Å². The van der Waals surface area contributed by atoms with Gasteiger partial charge in [-0.2, -0.15) is 0 Å². The van der Waals surface area contributed by atoms with Crippen LogP contribution in [0, 0.1) is 20.8 Å². The standard InChI is InChI=1S/C21H22N2O/c1-5-17-15(4)20(16-8-6-7-9-19(16)22-17)21(24)23-18-11-10-13(2)12-14(18)3/h6-12H,5H2,1-4H3,(H,23,24). The molecule has 0 aliphatic heterocycles. The number of hydrogen-bond acceptors (Lipinski definition) is 2. The molecule has 0 saturated carbocycles. The number of para-hydroxylation sites is 1. The molecule has 3 rings (SSSR count). The first-order chi connectivity index (χ1) is 11.5. The van der Waals surface area contributed by atoms with E-state index in [9.17, 15) is 4.79 Å². The molecule has 0 bridgehead atoms. The summed E-state index contributed by atoms with van der Waals surface area (Å²) in [5.41, 5.74) is 6.62. The summed E-state index contributed by atoms with van der Waals surface area (Å²) in [5, 5.41) is 3.97. The first kappa shape index (κ1) is 16.2. The van der Waals surface area contributed by atoms with Crippen LogP contribution in [0.4, 0.5) is 5.69 Å². The van der Waals surface area contributed by atoms with E-state index in [0.29, 0.717) is 0 Å². The Kier molecular flexibility index (Phi) is 4.34. The van der Waals surface area contributed by atoms with Crippen molar-refractivity contribution in [2.75, 3.05) is 5.32 Å². The van der Waals surface area contributed by atoms with Gasteiger partial charge in [0, 0.05) is 16.8 Å². The molecule has 0 saturated heterocycles. The van der Waals surface area contributed by atoms with Crippen molar-refractivity contribution in [3.8, 4) is 0 Å². The third kappa shape index (κ3) is 2.90. The highest BCUT2D eigenvalue weighted by Crippen LogP contribution is 2.25. The van der Waals surface area contributed by atoms with Crippen LogP contribution in [-0.4, -0.2) is 10.9 Å². The number of aryl methyl sites for hydroxylation is 3. The lowest BCUT2D eigenvalue weighted by Gasteiger charge is -2.15. The molecule has 0 aliphatic rings. The van der Waals surface area contributed by atoms with Gasteiger partial charge in [0.05, 0.1) is 11.1 Å². The quantitative estimate of drug-likeness (QED) is 0.740. The van der Waals surface area contributed by atoms with E-state index in [1.807, 2.05) is 57.2 Å². The Labute approximate surface area is 142 Å². The fourth-order valence-corrected chi connectivity index (χ4v) is 3.13. The third-order valence-electron chi connectivity index (χ3n) is 4.43. The van der Waals surface area contributed by atoms with E-state index in [4.69, 9.17) is 4.98 Å². The van der Waals surface area contributed by atoms with Gasteiger partial charge >= 0.3 is 0 Å².